The summed E-state index contributed by atoms with van der Waals surface area (Å²) in [4.78, 5) is 3.92. The second-order valence-electron chi connectivity index (χ2n) is 7.11. The fraction of sp³-hybridized carbons (Fsp3) is 0.391. The predicted octanol–water partition coefficient (Wildman–Crippen LogP) is 6.02. The Kier molecular flexibility index (Phi) is 6.25. The van der Waals surface area contributed by atoms with Gasteiger partial charge in [-0.1, -0.05) is 37.7 Å². The Morgan fingerprint density at radius 3 is 2.10 bits per heavy atom. The molecule has 2 atom stereocenters. The smallest absolute Gasteiger partial charge is 0.163 e. The van der Waals surface area contributed by atoms with Gasteiger partial charge in [-0.05, 0) is 38.8 Å². The molecular weight excluding hydrogens is 382 g/mol. The molecule has 0 amide bonds. The molecule has 0 spiro atoms. The van der Waals surface area contributed by atoms with Crippen LogP contribution in [0.1, 0.15) is 51.7 Å². The number of anilines is 2. The van der Waals surface area contributed by atoms with E-state index in [2.05, 4.69) is 12.1 Å². The van der Waals surface area contributed by atoms with Crippen LogP contribution in [0.4, 0.5) is 11.4 Å². The summed E-state index contributed by atoms with van der Waals surface area (Å²) in [6.07, 6.45) is 1.42. The molecular formula is C23H25N3O2S. The zero-order chi connectivity index (χ0) is 21.1. The van der Waals surface area contributed by atoms with Gasteiger partial charge >= 0.3 is 0 Å². The highest BCUT2D eigenvalue weighted by atomic mass is 32.2. The van der Waals surface area contributed by atoms with Crippen LogP contribution in [0.5, 0.6) is 11.5 Å². The number of ether oxygens (including phenoxy) is 2. The lowest BCUT2D eigenvalue weighted by molar-refractivity contribution is 0.205. The molecule has 0 bridgehead atoms. The molecule has 5 nitrogen and oxygen atoms in total. The van der Waals surface area contributed by atoms with E-state index in [0.717, 1.165) is 34.0 Å². The molecule has 0 N–H and O–H groups in total. The molecule has 3 rings (SSSR count). The first kappa shape index (κ1) is 20.9. The van der Waals surface area contributed by atoms with Gasteiger partial charge in [-0.2, -0.15) is 10.5 Å². The average Bonchev–Trinajstić information content (AvgIpc) is 2.74. The highest BCUT2D eigenvalue weighted by Crippen LogP contribution is 2.57. The van der Waals surface area contributed by atoms with Crippen LogP contribution < -0.4 is 14.4 Å². The monoisotopic (exact) mass is 407 g/mol. The highest BCUT2D eigenvalue weighted by Gasteiger charge is 2.34. The molecule has 0 saturated carbocycles. The standard InChI is InChI=1S/C23H25N3O2S/c1-6-14(3)27-21-16(12-24)17(13-25)22(28-15(4)7-2)23-20(21)26(5)18-10-8-9-11-19(18)29-23/h8-11,14-15H,6-7H2,1-5H3. The Balaban J connectivity index is 2.35. The van der Waals surface area contributed by atoms with Gasteiger partial charge in [0.05, 0.1) is 22.8 Å². The molecule has 6 heteroatoms. The van der Waals surface area contributed by atoms with Gasteiger partial charge in [0.2, 0.25) is 0 Å². The van der Waals surface area contributed by atoms with E-state index in [4.69, 9.17) is 9.47 Å². The maximum Gasteiger partial charge on any atom is 0.163 e. The highest BCUT2D eigenvalue weighted by molar-refractivity contribution is 7.99. The molecule has 1 heterocycles. The normalized spacial score (nSPS) is 14.1. The van der Waals surface area contributed by atoms with E-state index in [1.807, 2.05) is 63.9 Å². The van der Waals surface area contributed by atoms with Crippen LogP contribution in [0.15, 0.2) is 34.1 Å². The van der Waals surface area contributed by atoms with Crippen molar-refractivity contribution in [3.8, 4) is 23.6 Å². The largest absolute Gasteiger partial charge is 0.488 e. The third-order valence-electron chi connectivity index (χ3n) is 5.13. The minimum atomic E-state index is -0.0883. The van der Waals surface area contributed by atoms with E-state index < -0.39 is 0 Å². The van der Waals surface area contributed by atoms with Crippen molar-refractivity contribution in [2.24, 2.45) is 0 Å². The van der Waals surface area contributed by atoms with Crippen LogP contribution >= 0.6 is 11.8 Å². The van der Waals surface area contributed by atoms with Crippen LogP contribution in [0.25, 0.3) is 0 Å². The minimum absolute atomic E-state index is 0.0813. The van der Waals surface area contributed by atoms with E-state index in [0.29, 0.717) is 11.5 Å². The van der Waals surface area contributed by atoms with Crippen molar-refractivity contribution in [2.45, 2.75) is 62.5 Å². The van der Waals surface area contributed by atoms with E-state index in [1.54, 1.807) is 11.8 Å². The van der Waals surface area contributed by atoms with Gasteiger partial charge < -0.3 is 14.4 Å². The molecule has 0 radical (unpaired) electrons. The molecule has 0 fully saturated rings. The third kappa shape index (κ3) is 3.73. The van der Waals surface area contributed by atoms with Gasteiger partial charge in [0.15, 0.2) is 11.5 Å². The quantitative estimate of drug-likeness (QED) is 0.583. The van der Waals surface area contributed by atoms with Crippen molar-refractivity contribution in [3.63, 3.8) is 0 Å². The second-order valence-corrected chi connectivity index (χ2v) is 8.16. The molecule has 0 saturated heterocycles. The first-order valence-corrected chi connectivity index (χ1v) is 10.7. The summed E-state index contributed by atoms with van der Waals surface area (Å²) < 4.78 is 12.4. The molecule has 1 aliphatic heterocycles. The third-order valence-corrected chi connectivity index (χ3v) is 6.27. The topological polar surface area (TPSA) is 69.3 Å². The van der Waals surface area contributed by atoms with Crippen molar-refractivity contribution >= 4 is 23.1 Å². The maximum atomic E-state index is 9.95. The van der Waals surface area contributed by atoms with E-state index in [1.165, 1.54) is 0 Å². The van der Waals surface area contributed by atoms with Crippen LogP contribution in [0, 0.1) is 22.7 Å². The van der Waals surface area contributed by atoms with Crippen LogP contribution in [-0.4, -0.2) is 19.3 Å². The molecule has 0 aliphatic carbocycles. The average molecular weight is 408 g/mol. The van der Waals surface area contributed by atoms with Gasteiger partial charge in [0.25, 0.3) is 0 Å². The van der Waals surface area contributed by atoms with E-state index in [9.17, 15) is 10.5 Å². The summed E-state index contributed by atoms with van der Waals surface area (Å²) in [5, 5.41) is 19.9. The van der Waals surface area contributed by atoms with Crippen molar-refractivity contribution in [2.75, 3.05) is 11.9 Å². The molecule has 2 unspecified atom stereocenters. The number of hydrogen-bond donors (Lipinski definition) is 0. The van der Waals surface area contributed by atoms with Gasteiger partial charge in [-0.25, -0.2) is 0 Å². The van der Waals surface area contributed by atoms with E-state index >= 15 is 0 Å². The molecule has 29 heavy (non-hydrogen) atoms. The SMILES string of the molecule is CCC(C)Oc1c(C#N)c(C#N)c(OC(C)CC)c2c1Sc1ccccc1N2C. The number of rotatable bonds is 6. The first-order valence-electron chi connectivity index (χ1n) is 9.84. The Hall–Kier alpha value is -2.83. The summed E-state index contributed by atoms with van der Waals surface area (Å²) in [6, 6.07) is 12.5. The van der Waals surface area contributed by atoms with Crippen molar-refractivity contribution < 1.29 is 9.47 Å². The summed E-state index contributed by atoms with van der Waals surface area (Å²) in [6.45, 7) is 7.99. The van der Waals surface area contributed by atoms with Gasteiger partial charge in [0.1, 0.15) is 29.0 Å². The van der Waals surface area contributed by atoms with Crippen LogP contribution in [-0.2, 0) is 0 Å². The minimum Gasteiger partial charge on any atom is -0.488 e. The summed E-state index contributed by atoms with van der Waals surface area (Å²) in [7, 11) is 1.96. The molecule has 2 aromatic carbocycles. The predicted molar refractivity (Wildman–Crippen MR) is 115 cm³/mol. The Morgan fingerprint density at radius 1 is 0.966 bits per heavy atom. The van der Waals surface area contributed by atoms with Crippen molar-refractivity contribution in [1.29, 1.82) is 10.5 Å². The van der Waals surface area contributed by atoms with Gasteiger partial charge in [0, 0.05) is 11.9 Å². The number of nitriles is 2. The lowest BCUT2D eigenvalue weighted by atomic mass is 10.0. The molecule has 0 aromatic heterocycles. The maximum absolute atomic E-state index is 9.95. The fourth-order valence-electron chi connectivity index (χ4n) is 3.13. The summed E-state index contributed by atoms with van der Waals surface area (Å²) >= 11 is 1.56. The first-order chi connectivity index (χ1) is 14.0. The number of hydrogen-bond acceptors (Lipinski definition) is 6. The van der Waals surface area contributed by atoms with Gasteiger partial charge in [-0.15, -0.1) is 0 Å². The zero-order valence-corrected chi connectivity index (χ0v) is 18.3. The van der Waals surface area contributed by atoms with Crippen molar-refractivity contribution in [1.82, 2.24) is 0 Å². The zero-order valence-electron chi connectivity index (χ0n) is 17.4. The Morgan fingerprint density at radius 2 is 1.52 bits per heavy atom. The lowest BCUT2D eigenvalue weighted by Crippen LogP contribution is -2.21. The van der Waals surface area contributed by atoms with Crippen LogP contribution in [0.2, 0.25) is 0 Å². The number of para-hydroxylation sites is 1. The van der Waals surface area contributed by atoms with Crippen molar-refractivity contribution in [3.05, 3.63) is 35.4 Å². The van der Waals surface area contributed by atoms with E-state index in [-0.39, 0.29) is 23.3 Å². The molecule has 150 valence electrons. The summed E-state index contributed by atoms with van der Waals surface area (Å²) in [5.74, 6) is 0.922. The van der Waals surface area contributed by atoms with Gasteiger partial charge in [-0.3, -0.25) is 0 Å². The second kappa shape index (κ2) is 8.68. The number of benzene rings is 2. The Labute approximate surface area is 176 Å². The summed E-state index contributed by atoms with van der Waals surface area (Å²) in [5.41, 5.74) is 2.28. The lowest BCUT2D eigenvalue weighted by Gasteiger charge is -2.34. The number of fused-ring (bicyclic) bond motifs is 2. The number of nitrogens with zero attached hydrogens (tertiary/aromatic N) is 3. The molecule has 1 aliphatic rings. The van der Waals surface area contributed by atoms with Crippen LogP contribution in [0.3, 0.4) is 0 Å². The Bertz CT molecular complexity index is 1010. The fourth-order valence-corrected chi connectivity index (χ4v) is 4.37. The molecule has 2 aromatic rings.